The molecule has 0 aromatic heterocycles. The summed E-state index contributed by atoms with van der Waals surface area (Å²) < 4.78 is 13.2. The normalized spacial score (nSPS) is 10.2. The average Bonchev–Trinajstić information content (AvgIpc) is 2.39. The Morgan fingerprint density at radius 3 is 2.53 bits per heavy atom. The zero-order chi connectivity index (χ0) is 13.8. The van der Waals surface area contributed by atoms with Crippen LogP contribution in [-0.2, 0) is 6.54 Å². The van der Waals surface area contributed by atoms with E-state index in [9.17, 15) is 4.39 Å². The van der Waals surface area contributed by atoms with Gasteiger partial charge in [0, 0.05) is 24.8 Å². The highest BCUT2D eigenvalue weighted by Gasteiger charge is 2.11. The van der Waals surface area contributed by atoms with Gasteiger partial charge in [-0.3, -0.25) is 5.41 Å². The molecule has 3 nitrogen and oxygen atoms in total. The molecule has 98 valence electrons. The summed E-state index contributed by atoms with van der Waals surface area (Å²) in [6.45, 7) is 0.673. The van der Waals surface area contributed by atoms with Crippen molar-refractivity contribution in [1.82, 2.24) is 0 Å². The summed E-state index contributed by atoms with van der Waals surface area (Å²) in [6.07, 6.45) is 0. The van der Waals surface area contributed by atoms with Crippen LogP contribution in [0, 0.1) is 11.2 Å². The molecule has 0 fully saturated rings. The Morgan fingerprint density at radius 2 is 1.89 bits per heavy atom. The van der Waals surface area contributed by atoms with Crippen molar-refractivity contribution in [1.29, 1.82) is 5.41 Å². The molecule has 0 radical (unpaired) electrons. The maximum atomic E-state index is 13.2. The Bertz CT molecular complexity index is 581. The highest BCUT2D eigenvalue weighted by molar-refractivity contribution is 6.00. The average molecular weight is 257 g/mol. The van der Waals surface area contributed by atoms with Gasteiger partial charge in [0.2, 0.25) is 0 Å². The number of hydrogen-bond donors (Lipinski definition) is 2. The van der Waals surface area contributed by atoms with Crippen LogP contribution in [-0.4, -0.2) is 12.9 Å². The Morgan fingerprint density at radius 1 is 1.21 bits per heavy atom. The number of nitrogen functional groups attached to an aromatic ring is 1. The van der Waals surface area contributed by atoms with Gasteiger partial charge in [0.1, 0.15) is 11.7 Å². The van der Waals surface area contributed by atoms with Crippen molar-refractivity contribution >= 4 is 11.5 Å². The zero-order valence-corrected chi connectivity index (χ0v) is 10.7. The van der Waals surface area contributed by atoms with Crippen LogP contribution in [0.1, 0.15) is 11.1 Å². The van der Waals surface area contributed by atoms with Gasteiger partial charge in [-0.15, -0.1) is 0 Å². The third-order valence-electron chi connectivity index (χ3n) is 2.92. The lowest BCUT2D eigenvalue weighted by Crippen LogP contribution is -2.22. The first-order valence-electron chi connectivity index (χ1n) is 5.97. The Kier molecular flexibility index (Phi) is 3.80. The fraction of sp³-hybridized carbons (Fsp3) is 0.133. The van der Waals surface area contributed by atoms with Crippen molar-refractivity contribution in [3.63, 3.8) is 0 Å². The van der Waals surface area contributed by atoms with Crippen molar-refractivity contribution in [3.05, 3.63) is 65.5 Å². The standard InChI is InChI=1S/C15H16FN3/c1-19(10-11-5-3-2-4-6-11)14-8-7-12(16)9-13(14)15(17)18/h2-9H,10H2,1H3,(H3,17,18). The second kappa shape index (κ2) is 5.52. The van der Waals surface area contributed by atoms with Gasteiger partial charge in [0.15, 0.2) is 0 Å². The summed E-state index contributed by atoms with van der Waals surface area (Å²) in [7, 11) is 1.90. The van der Waals surface area contributed by atoms with E-state index in [4.69, 9.17) is 11.1 Å². The minimum absolute atomic E-state index is 0.130. The van der Waals surface area contributed by atoms with Gasteiger partial charge in [0.05, 0.1) is 0 Å². The van der Waals surface area contributed by atoms with E-state index >= 15 is 0 Å². The summed E-state index contributed by atoms with van der Waals surface area (Å²) >= 11 is 0. The van der Waals surface area contributed by atoms with E-state index in [-0.39, 0.29) is 11.7 Å². The number of nitrogens with two attached hydrogens (primary N) is 1. The van der Waals surface area contributed by atoms with E-state index in [0.717, 1.165) is 11.3 Å². The number of hydrogen-bond acceptors (Lipinski definition) is 2. The number of nitrogens with one attached hydrogen (secondary N) is 1. The molecule has 3 N–H and O–H groups in total. The van der Waals surface area contributed by atoms with Crippen molar-refractivity contribution in [3.8, 4) is 0 Å². The molecule has 0 aliphatic carbocycles. The molecule has 0 aliphatic heterocycles. The van der Waals surface area contributed by atoms with Crippen LogP contribution in [0.3, 0.4) is 0 Å². The molecule has 0 heterocycles. The smallest absolute Gasteiger partial charge is 0.125 e. The van der Waals surface area contributed by atoms with Crippen LogP contribution < -0.4 is 10.6 Å². The van der Waals surface area contributed by atoms with Gasteiger partial charge < -0.3 is 10.6 Å². The SMILES string of the molecule is CN(Cc1ccccc1)c1ccc(F)cc1C(=N)N. The molecule has 0 spiro atoms. The van der Waals surface area contributed by atoms with Gasteiger partial charge in [-0.2, -0.15) is 0 Å². The molecule has 2 rings (SSSR count). The molecular weight excluding hydrogens is 241 g/mol. The second-order valence-electron chi connectivity index (χ2n) is 4.42. The Hall–Kier alpha value is -2.36. The largest absolute Gasteiger partial charge is 0.384 e. The quantitative estimate of drug-likeness (QED) is 0.653. The third kappa shape index (κ3) is 3.10. The zero-order valence-electron chi connectivity index (χ0n) is 10.7. The second-order valence-corrected chi connectivity index (χ2v) is 4.42. The van der Waals surface area contributed by atoms with E-state index in [2.05, 4.69) is 0 Å². The number of rotatable bonds is 4. The highest BCUT2D eigenvalue weighted by Crippen LogP contribution is 2.22. The number of nitrogens with zero attached hydrogens (tertiary/aromatic N) is 1. The van der Waals surface area contributed by atoms with E-state index in [0.29, 0.717) is 12.1 Å². The van der Waals surface area contributed by atoms with Crippen LogP contribution in [0.25, 0.3) is 0 Å². The molecule has 2 aromatic rings. The van der Waals surface area contributed by atoms with Crippen LogP contribution in [0.15, 0.2) is 48.5 Å². The first-order valence-corrected chi connectivity index (χ1v) is 5.97. The fourth-order valence-electron chi connectivity index (χ4n) is 2.00. The van der Waals surface area contributed by atoms with Crippen molar-refractivity contribution in [2.75, 3.05) is 11.9 Å². The molecule has 4 heteroatoms. The first kappa shape index (κ1) is 13.1. The molecule has 0 saturated heterocycles. The van der Waals surface area contributed by atoms with Crippen LogP contribution in [0.2, 0.25) is 0 Å². The molecule has 0 atom stereocenters. The lowest BCUT2D eigenvalue weighted by molar-refractivity contribution is 0.627. The van der Waals surface area contributed by atoms with E-state index in [1.54, 1.807) is 6.07 Å². The van der Waals surface area contributed by atoms with Gasteiger partial charge in [-0.1, -0.05) is 30.3 Å². The molecule has 0 bridgehead atoms. The van der Waals surface area contributed by atoms with Gasteiger partial charge in [-0.05, 0) is 23.8 Å². The van der Waals surface area contributed by atoms with Crippen molar-refractivity contribution in [2.45, 2.75) is 6.54 Å². The maximum absolute atomic E-state index is 13.2. The Balaban J connectivity index is 2.28. The third-order valence-corrected chi connectivity index (χ3v) is 2.92. The van der Waals surface area contributed by atoms with Crippen molar-refractivity contribution in [2.24, 2.45) is 5.73 Å². The topological polar surface area (TPSA) is 53.1 Å². The summed E-state index contributed by atoms with van der Waals surface area (Å²) in [6, 6.07) is 14.3. The monoisotopic (exact) mass is 257 g/mol. The highest BCUT2D eigenvalue weighted by atomic mass is 19.1. The summed E-state index contributed by atoms with van der Waals surface area (Å²) in [5.74, 6) is -0.517. The van der Waals surface area contributed by atoms with Crippen LogP contribution in [0.5, 0.6) is 0 Å². The minimum atomic E-state index is -0.387. The number of anilines is 1. The van der Waals surface area contributed by atoms with Crippen LogP contribution >= 0.6 is 0 Å². The van der Waals surface area contributed by atoms with Gasteiger partial charge in [-0.25, -0.2) is 4.39 Å². The predicted molar refractivity (Wildman–Crippen MR) is 76.0 cm³/mol. The summed E-state index contributed by atoms with van der Waals surface area (Å²) in [5, 5.41) is 7.53. The lowest BCUT2D eigenvalue weighted by Gasteiger charge is -2.22. The fourth-order valence-corrected chi connectivity index (χ4v) is 2.00. The van der Waals surface area contributed by atoms with E-state index in [1.165, 1.54) is 12.1 Å². The van der Waals surface area contributed by atoms with Crippen LogP contribution in [0.4, 0.5) is 10.1 Å². The summed E-state index contributed by atoms with van der Waals surface area (Å²) in [5.41, 5.74) is 7.81. The number of amidine groups is 1. The minimum Gasteiger partial charge on any atom is -0.384 e. The molecular formula is C15H16FN3. The number of benzene rings is 2. The lowest BCUT2D eigenvalue weighted by atomic mass is 10.1. The molecule has 0 unspecified atom stereocenters. The molecule has 19 heavy (non-hydrogen) atoms. The van der Waals surface area contributed by atoms with E-state index < -0.39 is 0 Å². The first-order chi connectivity index (χ1) is 9.08. The van der Waals surface area contributed by atoms with E-state index in [1.807, 2.05) is 42.3 Å². The maximum Gasteiger partial charge on any atom is 0.125 e. The van der Waals surface area contributed by atoms with Crippen molar-refractivity contribution < 1.29 is 4.39 Å². The molecule has 0 saturated carbocycles. The van der Waals surface area contributed by atoms with Gasteiger partial charge >= 0.3 is 0 Å². The predicted octanol–water partition coefficient (Wildman–Crippen LogP) is 2.75. The Labute approximate surface area is 112 Å². The number of halogens is 1. The molecule has 0 amide bonds. The van der Waals surface area contributed by atoms with Gasteiger partial charge in [0.25, 0.3) is 0 Å². The molecule has 2 aromatic carbocycles. The summed E-state index contributed by atoms with van der Waals surface area (Å²) in [4.78, 5) is 1.95. The molecule has 0 aliphatic rings.